The summed E-state index contributed by atoms with van der Waals surface area (Å²) < 4.78 is 0. The number of hydrogen-bond donors (Lipinski definition) is 4. The molecule has 3 heterocycles. The van der Waals surface area contributed by atoms with Crippen molar-refractivity contribution in [1.82, 2.24) is 25.9 Å². The predicted molar refractivity (Wildman–Crippen MR) is 171 cm³/mol. The third kappa shape index (κ3) is 5.97. The van der Waals surface area contributed by atoms with Crippen molar-refractivity contribution in [3.63, 3.8) is 0 Å². The molecule has 1 saturated carbocycles. The molecule has 1 aromatic heterocycles. The van der Waals surface area contributed by atoms with Crippen molar-refractivity contribution >= 4 is 45.5 Å². The SMILES string of the molecule is CC(C)(C)N1CCC(N2C=C([C@@H](Nc3cc(Cl)c4ncc(C#N)c(NC5CCC5)c4c3)c3ccc(Cl)cc3)NN2)CC1. The van der Waals surface area contributed by atoms with Crippen LogP contribution in [0.4, 0.5) is 11.4 Å². The zero-order chi connectivity index (χ0) is 29.4. The number of piperidine rings is 1. The number of nitrogens with one attached hydrogen (secondary N) is 4. The summed E-state index contributed by atoms with van der Waals surface area (Å²) in [4.78, 5) is 7.09. The van der Waals surface area contributed by atoms with Gasteiger partial charge in [-0.1, -0.05) is 35.3 Å². The molecule has 0 spiro atoms. The van der Waals surface area contributed by atoms with Gasteiger partial charge in [-0.2, -0.15) is 5.26 Å². The number of nitriles is 1. The molecule has 0 bridgehead atoms. The molecule has 0 amide bonds. The number of likely N-dealkylation sites (tertiary alicyclic amines) is 1. The summed E-state index contributed by atoms with van der Waals surface area (Å²) in [6.07, 6.45) is 9.33. The fourth-order valence-electron chi connectivity index (χ4n) is 6.00. The number of benzene rings is 2. The number of halogens is 2. The van der Waals surface area contributed by atoms with Gasteiger partial charge in [0.2, 0.25) is 0 Å². The van der Waals surface area contributed by atoms with Crippen molar-refractivity contribution in [3.8, 4) is 6.07 Å². The Bertz CT molecular complexity index is 1510. The predicted octanol–water partition coefficient (Wildman–Crippen LogP) is 6.96. The second-order valence-electron chi connectivity index (χ2n) is 12.5. The van der Waals surface area contributed by atoms with Crippen LogP contribution < -0.4 is 21.6 Å². The Hall–Kier alpha value is -3.22. The standard InChI is InChI=1S/C32H38Cl2N8/c1-32(2,3)41-13-11-25(12-14-41)42-19-28(39-40-42)30(20-7-9-22(33)10-8-20)38-24-15-26-29(37-23-5-4-6-23)21(17-35)18-36-31(26)27(34)16-24/h7-10,15-16,18-19,23,25,30,38-40H,4-6,11-14H2,1-3H3,(H,36,37)/t30-/m0/s1. The van der Waals surface area contributed by atoms with E-state index >= 15 is 0 Å². The van der Waals surface area contributed by atoms with Crippen molar-refractivity contribution in [2.75, 3.05) is 23.7 Å². The molecule has 1 saturated heterocycles. The van der Waals surface area contributed by atoms with Crippen LogP contribution >= 0.6 is 23.2 Å². The summed E-state index contributed by atoms with van der Waals surface area (Å²) in [7, 11) is 0. The molecule has 1 aliphatic carbocycles. The molecule has 3 aliphatic rings. The van der Waals surface area contributed by atoms with E-state index in [-0.39, 0.29) is 11.6 Å². The molecule has 2 aromatic carbocycles. The van der Waals surface area contributed by atoms with Crippen molar-refractivity contribution in [3.05, 3.63) is 75.7 Å². The number of aromatic nitrogens is 1. The van der Waals surface area contributed by atoms with Crippen molar-refractivity contribution in [2.45, 2.75) is 76.5 Å². The highest BCUT2D eigenvalue weighted by Gasteiger charge is 2.32. The molecular formula is C32H38Cl2N8. The van der Waals surface area contributed by atoms with Gasteiger partial charge in [0.15, 0.2) is 0 Å². The van der Waals surface area contributed by atoms with Crippen molar-refractivity contribution in [1.29, 1.82) is 5.26 Å². The molecule has 6 rings (SSSR count). The smallest absolute Gasteiger partial charge is 0.103 e. The van der Waals surface area contributed by atoms with E-state index in [1.807, 2.05) is 36.4 Å². The van der Waals surface area contributed by atoms with E-state index in [4.69, 9.17) is 23.2 Å². The third-order valence-electron chi connectivity index (χ3n) is 8.74. The van der Waals surface area contributed by atoms with E-state index in [9.17, 15) is 5.26 Å². The molecule has 1 atom stereocenters. The summed E-state index contributed by atoms with van der Waals surface area (Å²) in [5.74, 6) is 0. The van der Waals surface area contributed by atoms with Gasteiger partial charge in [-0.25, -0.2) is 0 Å². The van der Waals surface area contributed by atoms with Gasteiger partial charge in [-0.15, -0.1) is 5.53 Å². The van der Waals surface area contributed by atoms with Gasteiger partial charge in [0.05, 0.1) is 33.5 Å². The minimum Gasteiger partial charge on any atom is -0.381 e. The first-order chi connectivity index (χ1) is 20.2. The highest BCUT2D eigenvalue weighted by Crippen LogP contribution is 2.37. The highest BCUT2D eigenvalue weighted by atomic mass is 35.5. The lowest BCUT2D eigenvalue weighted by atomic mass is 9.92. The van der Waals surface area contributed by atoms with Crippen LogP contribution in [0.15, 0.2) is 54.5 Å². The number of nitrogens with zero attached hydrogens (tertiary/aromatic N) is 4. The molecule has 0 radical (unpaired) electrons. The Kier molecular flexibility index (Phi) is 8.12. The lowest BCUT2D eigenvalue weighted by molar-refractivity contribution is 0.0570. The van der Waals surface area contributed by atoms with Gasteiger partial charge in [-0.05, 0) is 82.7 Å². The number of hydrazine groups is 2. The first-order valence-electron chi connectivity index (χ1n) is 14.8. The molecular weight excluding hydrogens is 567 g/mol. The van der Waals surface area contributed by atoms with Crippen molar-refractivity contribution < 1.29 is 0 Å². The number of pyridine rings is 1. The van der Waals surface area contributed by atoms with Gasteiger partial charge in [0, 0.05) is 59.2 Å². The topological polar surface area (TPSA) is 91.3 Å². The van der Waals surface area contributed by atoms with Crippen LogP contribution in [0.1, 0.15) is 70.0 Å². The van der Waals surface area contributed by atoms with Crippen LogP contribution in [0.3, 0.4) is 0 Å². The van der Waals surface area contributed by atoms with Crippen LogP contribution in [0.2, 0.25) is 10.0 Å². The molecule has 2 aliphatic heterocycles. The molecule has 42 heavy (non-hydrogen) atoms. The van der Waals surface area contributed by atoms with Crippen LogP contribution in [0, 0.1) is 11.3 Å². The van der Waals surface area contributed by atoms with Gasteiger partial charge in [0.1, 0.15) is 6.07 Å². The monoisotopic (exact) mass is 604 g/mol. The zero-order valence-corrected chi connectivity index (χ0v) is 25.9. The number of fused-ring (bicyclic) bond motifs is 1. The summed E-state index contributed by atoms with van der Waals surface area (Å²) in [5, 5.41) is 21.4. The fraction of sp³-hybridized carbons (Fsp3) is 0.438. The summed E-state index contributed by atoms with van der Waals surface area (Å²) in [5.41, 5.74) is 11.9. The molecule has 2 fully saturated rings. The Morgan fingerprint density at radius 3 is 2.45 bits per heavy atom. The highest BCUT2D eigenvalue weighted by molar-refractivity contribution is 6.36. The molecule has 3 aromatic rings. The normalized spacial score (nSPS) is 19.1. The third-order valence-corrected chi connectivity index (χ3v) is 9.28. The summed E-state index contributed by atoms with van der Waals surface area (Å²) in [6, 6.07) is 14.7. The second kappa shape index (κ2) is 11.8. The Balaban J connectivity index is 1.31. The van der Waals surface area contributed by atoms with Gasteiger partial charge >= 0.3 is 0 Å². The van der Waals surface area contributed by atoms with Crippen LogP contribution in [-0.4, -0.2) is 45.6 Å². The second-order valence-corrected chi connectivity index (χ2v) is 13.4. The largest absolute Gasteiger partial charge is 0.381 e. The zero-order valence-electron chi connectivity index (χ0n) is 24.3. The first kappa shape index (κ1) is 28.9. The minimum atomic E-state index is -0.210. The fourth-order valence-corrected chi connectivity index (χ4v) is 6.40. The molecule has 0 unspecified atom stereocenters. The number of anilines is 2. The van der Waals surface area contributed by atoms with Crippen LogP contribution in [0.25, 0.3) is 10.9 Å². The quantitative estimate of drug-likeness (QED) is 0.230. The maximum atomic E-state index is 9.85. The van der Waals surface area contributed by atoms with E-state index in [2.05, 4.69) is 69.5 Å². The van der Waals surface area contributed by atoms with E-state index in [1.165, 1.54) is 6.42 Å². The molecule has 4 N–H and O–H groups in total. The molecule has 220 valence electrons. The average molecular weight is 606 g/mol. The lowest BCUT2D eigenvalue weighted by Gasteiger charge is -2.42. The van der Waals surface area contributed by atoms with Gasteiger partial charge in [-0.3, -0.25) is 14.9 Å². The average Bonchev–Trinajstić information content (AvgIpc) is 3.44. The number of rotatable bonds is 7. The minimum absolute atomic E-state index is 0.185. The first-order valence-corrected chi connectivity index (χ1v) is 15.5. The lowest BCUT2D eigenvalue weighted by Crippen LogP contribution is -2.52. The van der Waals surface area contributed by atoms with Crippen LogP contribution in [0.5, 0.6) is 0 Å². The van der Waals surface area contributed by atoms with Gasteiger partial charge < -0.3 is 16.1 Å². The van der Waals surface area contributed by atoms with Crippen molar-refractivity contribution in [2.24, 2.45) is 0 Å². The maximum Gasteiger partial charge on any atom is 0.103 e. The van der Waals surface area contributed by atoms with E-state index in [0.29, 0.717) is 33.2 Å². The maximum absolute atomic E-state index is 9.85. The van der Waals surface area contributed by atoms with Crippen LogP contribution in [-0.2, 0) is 0 Å². The van der Waals surface area contributed by atoms with E-state index in [1.54, 1.807) is 6.20 Å². The van der Waals surface area contributed by atoms with E-state index < -0.39 is 0 Å². The Morgan fingerprint density at radius 1 is 1.07 bits per heavy atom. The number of hydrogen-bond acceptors (Lipinski definition) is 8. The summed E-state index contributed by atoms with van der Waals surface area (Å²) >= 11 is 13.1. The van der Waals surface area contributed by atoms with Gasteiger partial charge in [0.25, 0.3) is 0 Å². The molecule has 10 heteroatoms. The Morgan fingerprint density at radius 2 is 1.81 bits per heavy atom. The van der Waals surface area contributed by atoms with E-state index in [0.717, 1.165) is 66.8 Å². The summed E-state index contributed by atoms with van der Waals surface area (Å²) in [6.45, 7) is 8.99. The molecule has 8 nitrogen and oxygen atoms in total. The Labute approximate surface area is 258 Å².